The van der Waals surface area contributed by atoms with Crippen molar-refractivity contribution in [3.8, 4) is 0 Å². The molecule has 0 fully saturated rings. The van der Waals surface area contributed by atoms with Crippen LogP contribution in [0, 0.1) is 0 Å². The van der Waals surface area contributed by atoms with Gasteiger partial charge in [-0.25, -0.2) is 9.59 Å². The Bertz CT molecular complexity index is 363. The second-order valence-corrected chi connectivity index (χ2v) is 2.33. The SMILES string of the molecule is O=C(O)c1ccccc1C(=O)ONO. The second-order valence-electron chi connectivity index (χ2n) is 2.33. The minimum Gasteiger partial charge on any atom is -0.478 e. The zero-order chi connectivity index (χ0) is 10.6. The maximum Gasteiger partial charge on any atom is 0.359 e. The van der Waals surface area contributed by atoms with E-state index in [0.717, 1.165) is 0 Å². The summed E-state index contributed by atoms with van der Waals surface area (Å²) in [5.74, 6) is -2.21. The molecule has 1 rings (SSSR count). The molecule has 0 aromatic heterocycles. The highest BCUT2D eigenvalue weighted by Crippen LogP contribution is 2.09. The van der Waals surface area contributed by atoms with Crippen LogP contribution in [0.4, 0.5) is 0 Å². The summed E-state index contributed by atoms with van der Waals surface area (Å²) in [5, 5.41) is 16.8. The van der Waals surface area contributed by atoms with E-state index in [1.807, 2.05) is 0 Å². The fraction of sp³-hybridized carbons (Fsp3) is 0. The van der Waals surface area contributed by atoms with Crippen LogP contribution in [-0.2, 0) is 4.84 Å². The first-order chi connectivity index (χ1) is 6.66. The number of carboxylic acids is 1. The van der Waals surface area contributed by atoms with Crippen LogP contribution in [0.1, 0.15) is 20.7 Å². The summed E-state index contributed by atoms with van der Waals surface area (Å²) < 4.78 is 0. The van der Waals surface area contributed by atoms with Gasteiger partial charge in [0.2, 0.25) is 0 Å². The lowest BCUT2D eigenvalue weighted by Crippen LogP contribution is -2.18. The fourth-order valence-corrected chi connectivity index (χ4v) is 0.944. The van der Waals surface area contributed by atoms with Crippen molar-refractivity contribution >= 4 is 11.9 Å². The highest BCUT2D eigenvalue weighted by molar-refractivity contribution is 6.02. The molecule has 0 heterocycles. The molecular formula is C8H7NO5. The third kappa shape index (κ3) is 2.06. The van der Waals surface area contributed by atoms with Gasteiger partial charge < -0.3 is 9.94 Å². The maximum absolute atomic E-state index is 11.1. The molecule has 6 nitrogen and oxygen atoms in total. The number of carbonyl (C=O) groups is 2. The Balaban J connectivity index is 3.07. The number of benzene rings is 1. The number of carbonyl (C=O) groups excluding carboxylic acids is 1. The van der Waals surface area contributed by atoms with E-state index in [4.69, 9.17) is 10.3 Å². The average molecular weight is 197 g/mol. The van der Waals surface area contributed by atoms with Crippen LogP contribution in [0.15, 0.2) is 24.3 Å². The van der Waals surface area contributed by atoms with Crippen molar-refractivity contribution in [2.75, 3.05) is 0 Å². The average Bonchev–Trinajstić information content (AvgIpc) is 2.18. The smallest absolute Gasteiger partial charge is 0.359 e. The van der Waals surface area contributed by atoms with Crippen LogP contribution >= 0.6 is 0 Å². The van der Waals surface area contributed by atoms with Crippen LogP contribution in [0.5, 0.6) is 0 Å². The Kier molecular flexibility index (Phi) is 3.16. The van der Waals surface area contributed by atoms with Crippen LogP contribution < -0.4 is 5.64 Å². The third-order valence-corrected chi connectivity index (χ3v) is 1.52. The van der Waals surface area contributed by atoms with E-state index in [-0.39, 0.29) is 11.1 Å². The number of nitrogens with one attached hydrogen (secondary N) is 1. The monoisotopic (exact) mass is 197 g/mol. The van der Waals surface area contributed by atoms with Crippen molar-refractivity contribution in [2.45, 2.75) is 0 Å². The topological polar surface area (TPSA) is 95.9 Å². The minimum atomic E-state index is -1.24. The summed E-state index contributed by atoms with van der Waals surface area (Å²) in [7, 11) is 0. The summed E-state index contributed by atoms with van der Waals surface area (Å²) >= 11 is 0. The first-order valence-electron chi connectivity index (χ1n) is 3.59. The number of hydrogen-bond donors (Lipinski definition) is 3. The highest BCUT2D eigenvalue weighted by Gasteiger charge is 2.16. The van der Waals surface area contributed by atoms with Gasteiger partial charge >= 0.3 is 11.9 Å². The number of carboxylic acid groups (broad SMARTS) is 1. The molecule has 3 N–H and O–H groups in total. The van der Waals surface area contributed by atoms with E-state index in [9.17, 15) is 9.59 Å². The van der Waals surface area contributed by atoms with Gasteiger partial charge in [0.15, 0.2) is 0 Å². The lowest BCUT2D eigenvalue weighted by molar-refractivity contribution is -0.0875. The lowest BCUT2D eigenvalue weighted by atomic mass is 10.1. The Hall–Kier alpha value is -1.92. The standard InChI is InChI=1S/C8H7NO5/c10-7(11)5-3-1-2-4-6(5)8(12)14-9-13/h1-4,9,13H,(H,10,11). The first kappa shape index (κ1) is 10.2. The van der Waals surface area contributed by atoms with Gasteiger partial charge in [-0.05, 0) is 17.8 Å². The highest BCUT2D eigenvalue weighted by atomic mass is 16.9. The molecule has 6 heteroatoms. The number of rotatable bonds is 3. The molecule has 0 aliphatic heterocycles. The second kappa shape index (κ2) is 4.35. The van der Waals surface area contributed by atoms with Crippen molar-refractivity contribution in [3.05, 3.63) is 35.4 Å². The fourth-order valence-electron chi connectivity index (χ4n) is 0.944. The van der Waals surface area contributed by atoms with E-state index in [0.29, 0.717) is 0 Å². The van der Waals surface area contributed by atoms with E-state index < -0.39 is 11.9 Å². The largest absolute Gasteiger partial charge is 0.478 e. The molecule has 0 radical (unpaired) electrons. The van der Waals surface area contributed by atoms with Crippen LogP contribution in [-0.4, -0.2) is 22.3 Å². The quantitative estimate of drug-likeness (QED) is 0.608. The van der Waals surface area contributed by atoms with E-state index in [1.165, 1.54) is 29.9 Å². The van der Waals surface area contributed by atoms with Crippen molar-refractivity contribution in [1.82, 2.24) is 5.64 Å². The third-order valence-electron chi connectivity index (χ3n) is 1.52. The molecule has 0 bridgehead atoms. The van der Waals surface area contributed by atoms with Gasteiger partial charge in [0.25, 0.3) is 0 Å². The molecule has 14 heavy (non-hydrogen) atoms. The summed E-state index contributed by atoms with van der Waals surface area (Å²) in [6.45, 7) is 0. The van der Waals surface area contributed by atoms with Crippen LogP contribution in [0.2, 0.25) is 0 Å². The molecule has 1 aromatic rings. The molecule has 0 aliphatic carbocycles. The zero-order valence-corrected chi connectivity index (χ0v) is 6.93. The van der Waals surface area contributed by atoms with Crippen molar-refractivity contribution in [3.63, 3.8) is 0 Å². The molecule has 0 saturated heterocycles. The molecular weight excluding hydrogens is 190 g/mol. The van der Waals surface area contributed by atoms with Gasteiger partial charge in [0, 0.05) is 0 Å². The van der Waals surface area contributed by atoms with Crippen LogP contribution in [0.25, 0.3) is 0 Å². The Labute approximate surface area is 78.6 Å². The van der Waals surface area contributed by atoms with E-state index in [1.54, 1.807) is 0 Å². The Morgan fingerprint density at radius 1 is 1.21 bits per heavy atom. The summed E-state index contributed by atoms with van der Waals surface area (Å²) in [4.78, 5) is 25.7. The summed E-state index contributed by atoms with van der Waals surface area (Å²) in [6.07, 6.45) is 0. The predicted octanol–water partition coefficient (Wildman–Crippen LogP) is 0.435. The molecule has 1 aromatic carbocycles. The number of aromatic carboxylic acids is 1. The van der Waals surface area contributed by atoms with E-state index in [2.05, 4.69) is 4.84 Å². The lowest BCUT2D eigenvalue weighted by Gasteiger charge is -2.03. The van der Waals surface area contributed by atoms with Gasteiger partial charge in [-0.2, -0.15) is 0 Å². The van der Waals surface area contributed by atoms with Crippen molar-refractivity contribution in [1.29, 1.82) is 0 Å². The molecule has 0 unspecified atom stereocenters. The van der Waals surface area contributed by atoms with Crippen LogP contribution in [0.3, 0.4) is 0 Å². The van der Waals surface area contributed by atoms with E-state index >= 15 is 0 Å². The predicted molar refractivity (Wildman–Crippen MR) is 43.7 cm³/mol. The minimum absolute atomic E-state index is 0.137. The zero-order valence-electron chi connectivity index (χ0n) is 6.93. The molecule has 74 valence electrons. The van der Waals surface area contributed by atoms with Gasteiger partial charge in [0.05, 0.1) is 11.1 Å². The maximum atomic E-state index is 11.1. The normalized spacial score (nSPS) is 9.50. The summed E-state index contributed by atoms with van der Waals surface area (Å²) in [6, 6.07) is 5.51. The Morgan fingerprint density at radius 3 is 2.29 bits per heavy atom. The Morgan fingerprint density at radius 2 is 1.79 bits per heavy atom. The first-order valence-corrected chi connectivity index (χ1v) is 3.59. The van der Waals surface area contributed by atoms with Crippen molar-refractivity contribution in [2.24, 2.45) is 0 Å². The van der Waals surface area contributed by atoms with Gasteiger partial charge in [-0.15, -0.1) is 0 Å². The number of hydrogen-bond acceptors (Lipinski definition) is 5. The van der Waals surface area contributed by atoms with Gasteiger partial charge in [0.1, 0.15) is 0 Å². The molecule has 0 atom stereocenters. The van der Waals surface area contributed by atoms with Crippen molar-refractivity contribution < 1.29 is 24.7 Å². The molecule has 0 amide bonds. The van der Waals surface area contributed by atoms with Gasteiger partial charge in [-0.3, -0.25) is 5.21 Å². The summed E-state index contributed by atoms with van der Waals surface area (Å²) in [5.41, 5.74) is 0.865. The molecule has 0 aliphatic rings. The van der Waals surface area contributed by atoms with Gasteiger partial charge in [-0.1, -0.05) is 12.1 Å². The molecule has 0 saturated carbocycles. The molecule has 0 spiro atoms.